The summed E-state index contributed by atoms with van der Waals surface area (Å²) in [6.07, 6.45) is 9.11. The normalized spacial score (nSPS) is 23.3. The Bertz CT molecular complexity index is 506. The third-order valence-electron chi connectivity index (χ3n) is 4.76. The Balaban J connectivity index is 1.55. The van der Waals surface area contributed by atoms with Gasteiger partial charge in [0, 0.05) is 19.1 Å². The van der Waals surface area contributed by atoms with Crippen molar-refractivity contribution in [2.75, 3.05) is 13.1 Å². The van der Waals surface area contributed by atoms with E-state index in [0.29, 0.717) is 24.9 Å². The number of piperidine rings is 1. The molecule has 0 spiro atoms. The Morgan fingerprint density at radius 1 is 1.14 bits per heavy atom. The largest absolute Gasteiger partial charge is 0.459 e. The van der Waals surface area contributed by atoms with Crippen molar-refractivity contribution >= 4 is 11.8 Å². The first-order valence-electron chi connectivity index (χ1n) is 8.37. The van der Waals surface area contributed by atoms with Crippen LogP contribution in [-0.2, 0) is 4.79 Å². The molecule has 1 saturated carbocycles. The second-order valence-electron chi connectivity index (χ2n) is 6.41. The summed E-state index contributed by atoms with van der Waals surface area (Å²) < 4.78 is 5.17. The summed E-state index contributed by atoms with van der Waals surface area (Å²) in [7, 11) is 0. The summed E-state index contributed by atoms with van der Waals surface area (Å²) in [6, 6.07) is 3.72. The Hall–Kier alpha value is -1.78. The average Bonchev–Trinajstić information content (AvgIpc) is 3.09. The van der Waals surface area contributed by atoms with Crippen molar-refractivity contribution in [1.29, 1.82) is 0 Å². The van der Waals surface area contributed by atoms with Crippen LogP contribution in [0.4, 0.5) is 0 Å². The van der Waals surface area contributed by atoms with Crippen molar-refractivity contribution in [2.45, 2.75) is 51.0 Å². The fourth-order valence-corrected chi connectivity index (χ4v) is 3.50. The van der Waals surface area contributed by atoms with E-state index in [1.165, 1.54) is 25.5 Å². The Labute approximate surface area is 131 Å². The van der Waals surface area contributed by atoms with E-state index in [9.17, 15) is 9.59 Å². The van der Waals surface area contributed by atoms with Crippen molar-refractivity contribution in [1.82, 2.24) is 10.2 Å². The third-order valence-corrected chi connectivity index (χ3v) is 4.76. The van der Waals surface area contributed by atoms with Crippen LogP contribution in [0, 0.1) is 5.92 Å². The number of amides is 2. The number of rotatable bonds is 3. The molecule has 2 fully saturated rings. The minimum atomic E-state index is -0.111. The van der Waals surface area contributed by atoms with Gasteiger partial charge in [-0.25, -0.2) is 0 Å². The predicted octanol–water partition coefficient (Wildman–Crippen LogP) is 2.58. The van der Waals surface area contributed by atoms with Gasteiger partial charge in [0.05, 0.1) is 12.2 Å². The van der Waals surface area contributed by atoms with Gasteiger partial charge in [0.2, 0.25) is 5.91 Å². The maximum absolute atomic E-state index is 12.4. The van der Waals surface area contributed by atoms with Crippen LogP contribution in [0.15, 0.2) is 22.8 Å². The summed E-state index contributed by atoms with van der Waals surface area (Å²) in [5.41, 5.74) is 0. The van der Waals surface area contributed by atoms with Crippen molar-refractivity contribution in [3.63, 3.8) is 0 Å². The lowest BCUT2D eigenvalue weighted by Crippen LogP contribution is -2.47. The van der Waals surface area contributed by atoms with Crippen LogP contribution < -0.4 is 5.32 Å². The molecule has 1 N–H and O–H groups in total. The zero-order valence-electron chi connectivity index (χ0n) is 12.9. The lowest BCUT2D eigenvalue weighted by molar-refractivity contribution is -0.127. The van der Waals surface area contributed by atoms with E-state index in [1.807, 2.05) is 0 Å². The number of nitrogens with one attached hydrogen (secondary N) is 1. The zero-order valence-corrected chi connectivity index (χ0v) is 12.9. The van der Waals surface area contributed by atoms with Crippen molar-refractivity contribution in [3.8, 4) is 0 Å². The summed E-state index contributed by atoms with van der Waals surface area (Å²) in [4.78, 5) is 26.5. The minimum absolute atomic E-state index is 0.0883. The van der Waals surface area contributed by atoms with E-state index in [0.717, 1.165) is 25.7 Å². The van der Waals surface area contributed by atoms with Gasteiger partial charge in [-0.2, -0.15) is 0 Å². The van der Waals surface area contributed by atoms with Crippen LogP contribution in [0.2, 0.25) is 0 Å². The lowest BCUT2D eigenvalue weighted by atomic mass is 9.93. The molecule has 1 aromatic heterocycles. The monoisotopic (exact) mass is 304 g/mol. The molecule has 0 unspecified atom stereocenters. The number of carbonyl (C=O) groups excluding carboxylic acids is 2. The molecule has 1 saturated heterocycles. The third kappa shape index (κ3) is 3.51. The molecular weight excluding hydrogens is 280 g/mol. The molecule has 5 heteroatoms. The van der Waals surface area contributed by atoms with E-state index in [-0.39, 0.29) is 17.7 Å². The van der Waals surface area contributed by atoms with Gasteiger partial charge in [0.15, 0.2) is 5.76 Å². The second kappa shape index (κ2) is 6.99. The topological polar surface area (TPSA) is 62.6 Å². The molecule has 0 radical (unpaired) electrons. The van der Waals surface area contributed by atoms with Crippen molar-refractivity contribution < 1.29 is 14.0 Å². The lowest BCUT2D eigenvalue weighted by Gasteiger charge is -2.33. The first-order chi connectivity index (χ1) is 10.7. The Kier molecular flexibility index (Phi) is 4.80. The quantitative estimate of drug-likeness (QED) is 0.933. The van der Waals surface area contributed by atoms with E-state index < -0.39 is 0 Å². The van der Waals surface area contributed by atoms with Crippen LogP contribution in [0.25, 0.3) is 0 Å². The number of hydrogen-bond acceptors (Lipinski definition) is 3. The number of likely N-dealkylation sites (tertiary alicyclic amines) is 1. The van der Waals surface area contributed by atoms with Crippen LogP contribution in [0.1, 0.15) is 55.5 Å². The van der Waals surface area contributed by atoms with Crippen LogP contribution in [-0.4, -0.2) is 35.8 Å². The summed E-state index contributed by atoms with van der Waals surface area (Å²) >= 11 is 0. The van der Waals surface area contributed by atoms with Gasteiger partial charge < -0.3 is 14.6 Å². The number of furan rings is 1. The van der Waals surface area contributed by atoms with Crippen molar-refractivity contribution in [2.24, 2.45) is 5.92 Å². The fraction of sp³-hybridized carbons (Fsp3) is 0.647. The standard InChI is InChI=1S/C17H24N2O3/c20-16(18-14-7-2-1-3-8-14)13-6-4-10-19(12-13)17(21)15-9-5-11-22-15/h5,9,11,13-14H,1-4,6-8,10,12H2,(H,18,20)/t13-/m1/s1. The minimum Gasteiger partial charge on any atom is -0.459 e. The molecule has 1 aliphatic heterocycles. The molecule has 1 aliphatic carbocycles. The van der Waals surface area contributed by atoms with Crippen LogP contribution >= 0.6 is 0 Å². The van der Waals surface area contributed by atoms with Gasteiger partial charge >= 0.3 is 0 Å². The predicted molar refractivity (Wildman–Crippen MR) is 82.4 cm³/mol. The van der Waals surface area contributed by atoms with Gasteiger partial charge in [-0.3, -0.25) is 9.59 Å². The van der Waals surface area contributed by atoms with E-state index in [4.69, 9.17) is 4.42 Å². The Morgan fingerprint density at radius 3 is 2.68 bits per heavy atom. The highest BCUT2D eigenvalue weighted by molar-refractivity contribution is 5.92. The Morgan fingerprint density at radius 2 is 1.95 bits per heavy atom. The molecule has 120 valence electrons. The summed E-state index contributed by atoms with van der Waals surface area (Å²) in [6.45, 7) is 1.20. The molecule has 5 nitrogen and oxygen atoms in total. The average molecular weight is 304 g/mol. The van der Waals surface area contributed by atoms with E-state index >= 15 is 0 Å². The smallest absolute Gasteiger partial charge is 0.289 e. The fourth-order valence-electron chi connectivity index (χ4n) is 3.50. The number of hydrogen-bond donors (Lipinski definition) is 1. The summed E-state index contributed by atoms with van der Waals surface area (Å²) in [5, 5.41) is 3.18. The second-order valence-corrected chi connectivity index (χ2v) is 6.41. The van der Waals surface area contributed by atoms with Gasteiger partial charge in [-0.15, -0.1) is 0 Å². The molecule has 2 amide bonds. The molecule has 2 heterocycles. The number of carbonyl (C=O) groups is 2. The zero-order chi connectivity index (χ0) is 15.4. The highest BCUT2D eigenvalue weighted by Crippen LogP contribution is 2.21. The molecule has 0 bridgehead atoms. The maximum Gasteiger partial charge on any atom is 0.289 e. The molecule has 2 aliphatic rings. The van der Waals surface area contributed by atoms with Crippen LogP contribution in [0.5, 0.6) is 0 Å². The van der Waals surface area contributed by atoms with Gasteiger partial charge in [-0.05, 0) is 37.8 Å². The molecule has 22 heavy (non-hydrogen) atoms. The van der Waals surface area contributed by atoms with Gasteiger partial charge in [0.25, 0.3) is 5.91 Å². The SMILES string of the molecule is O=C(NC1CCCCC1)[C@@H]1CCCN(C(=O)c2ccco2)C1. The van der Waals surface area contributed by atoms with Gasteiger partial charge in [0.1, 0.15) is 0 Å². The number of nitrogens with zero attached hydrogens (tertiary/aromatic N) is 1. The first kappa shape index (κ1) is 15.1. The maximum atomic E-state index is 12.4. The molecule has 0 aromatic carbocycles. The highest BCUT2D eigenvalue weighted by atomic mass is 16.3. The van der Waals surface area contributed by atoms with Crippen LogP contribution in [0.3, 0.4) is 0 Å². The molecule has 1 atom stereocenters. The molecule has 1 aromatic rings. The molecule has 3 rings (SSSR count). The van der Waals surface area contributed by atoms with E-state index in [2.05, 4.69) is 5.32 Å². The highest BCUT2D eigenvalue weighted by Gasteiger charge is 2.30. The van der Waals surface area contributed by atoms with Crippen molar-refractivity contribution in [3.05, 3.63) is 24.2 Å². The van der Waals surface area contributed by atoms with E-state index in [1.54, 1.807) is 17.0 Å². The van der Waals surface area contributed by atoms with Gasteiger partial charge in [-0.1, -0.05) is 19.3 Å². The molecular formula is C17H24N2O3. The summed E-state index contributed by atoms with van der Waals surface area (Å²) in [5.74, 6) is 0.270. The first-order valence-corrected chi connectivity index (χ1v) is 8.37.